The van der Waals surface area contributed by atoms with E-state index in [0.29, 0.717) is 25.1 Å². The average Bonchev–Trinajstić information content (AvgIpc) is 2.27. The maximum absolute atomic E-state index is 11.2. The summed E-state index contributed by atoms with van der Waals surface area (Å²) in [6.45, 7) is 2.48. The number of carboxylic acids is 1. The molecule has 1 N–H and O–H groups in total. The molecule has 1 aliphatic heterocycles. The molecule has 0 atom stereocenters. The Kier molecular flexibility index (Phi) is 2.60. The fourth-order valence-electron chi connectivity index (χ4n) is 1.92. The molecule has 16 heavy (non-hydrogen) atoms. The van der Waals surface area contributed by atoms with Crippen molar-refractivity contribution in [1.82, 2.24) is 9.88 Å². The summed E-state index contributed by atoms with van der Waals surface area (Å²) in [5, 5.41) is 9.00. The fraction of sp³-hybridized carbons (Fsp3) is 0.364. The highest BCUT2D eigenvalue weighted by Crippen LogP contribution is 2.21. The van der Waals surface area contributed by atoms with Gasteiger partial charge in [0.25, 0.3) is 0 Å². The summed E-state index contributed by atoms with van der Waals surface area (Å²) in [7, 11) is 0. The third-order valence-electron chi connectivity index (χ3n) is 2.80. The van der Waals surface area contributed by atoms with Crippen molar-refractivity contribution in [3.63, 3.8) is 0 Å². The second-order valence-corrected chi connectivity index (χ2v) is 3.79. The fourth-order valence-corrected chi connectivity index (χ4v) is 1.92. The van der Waals surface area contributed by atoms with Crippen molar-refractivity contribution in [2.45, 2.75) is 19.9 Å². The first-order valence-corrected chi connectivity index (χ1v) is 5.05. The zero-order valence-corrected chi connectivity index (χ0v) is 8.93. The van der Waals surface area contributed by atoms with Crippen LogP contribution in [-0.4, -0.2) is 33.4 Å². The van der Waals surface area contributed by atoms with E-state index in [9.17, 15) is 9.59 Å². The van der Waals surface area contributed by atoms with E-state index in [0.717, 1.165) is 5.56 Å². The van der Waals surface area contributed by atoms with Gasteiger partial charge in [-0.1, -0.05) is 0 Å². The van der Waals surface area contributed by atoms with Crippen LogP contribution in [0, 0.1) is 0 Å². The van der Waals surface area contributed by atoms with E-state index in [4.69, 9.17) is 5.11 Å². The molecule has 5 heteroatoms. The van der Waals surface area contributed by atoms with Crippen LogP contribution in [0.25, 0.3) is 0 Å². The minimum absolute atomic E-state index is 0.0363. The van der Waals surface area contributed by atoms with Crippen molar-refractivity contribution in [2.24, 2.45) is 0 Å². The first kappa shape index (κ1) is 10.6. The van der Waals surface area contributed by atoms with Gasteiger partial charge >= 0.3 is 5.97 Å². The molecule has 0 bridgehead atoms. The number of fused-ring (bicyclic) bond motifs is 1. The molecule has 0 aliphatic carbocycles. The molecule has 0 spiro atoms. The van der Waals surface area contributed by atoms with Crippen LogP contribution in [0.15, 0.2) is 12.3 Å². The molecule has 5 nitrogen and oxygen atoms in total. The number of hydrogen-bond donors (Lipinski definition) is 1. The van der Waals surface area contributed by atoms with Crippen molar-refractivity contribution < 1.29 is 14.7 Å². The number of pyridine rings is 1. The Labute approximate surface area is 92.7 Å². The van der Waals surface area contributed by atoms with Gasteiger partial charge in [0.05, 0.1) is 0 Å². The number of amides is 1. The van der Waals surface area contributed by atoms with Gasteiger partial charge in [-0.15, -0.1) is 0 Å². The van der Waals surface area contributed by atoms with Gasteiger partial charge < -0.3 is 10.0 Å². The minimum Gasteiger partial charge on any atom is -0.477 e. The number of nitrogens with zero attached hydrogens (tertiary/aromatic N) is 2. The molecular weight excluding hydrogens is 208 g/mol. The molecule has 0 unspecified atom stereocenters. The van der Waals surface area contributed by atoms with Gasteiger partial charge in [0.2, 0.25) is 5.91 Å². The largest absolute Gasteiger partial charge is 0.477 e. The van der Waals surface area contributed by atoms with E-state index >= 15 is 0 Å². The summed E-state index contributed by atoms with van der Waals surface area (Å²) in [4.78, 5) is 27.7. The molecule has 0 saturated carbocycles. The molecule has 2 rings (SSSR count). The number of hydrogen-bond acceptors (Lipinski definition) is 3. The van der Waals surface area contributed by atoms with Gasteiger partial charge in [-0.05, 0) is 18.1 Å². The predicted molar refractivity (Wildman–Crippen MR) is 56.0 cm³/mol. The van der Waals surface area contributed by atoms with E-state index in [1.807, 2.05) is 6.07 Å². The van der Waals surface area contributed by atoms with Gasteiger partial charge in [0, 0.05) is 31.8 Å². The van der Waals surface area contributed by atoms with Crippen molar-refractivity contribution in [3.8, 4) is 0 Å². The van der Waals surface area contributed by atoms with Gasteiger partial charge in [-0.3, -0.25) is 4.79 Å². The Morgan fingerprint density at radius 3 is 2.88 bits per heavy atom. The van der Waals surface area contributed by atoms with Crippen LogP contribution in [0.4, 0.5) is 0 Å². The lowest BCUT2D eigenvalue weighted by Crippen LogP contribution is -2.35. The van der Waals surface area contributed by atoms with Gasteiger partial charge in [0.1, 0.15) is 0 Å². The van der Waals surface area contributed by atoms with Crippen LogP contribution in [0.1, 0.15) is 28.5 Å². The Bertz CT molecular complexity index is 457. The zero-order valence-electron chi connectivity index (χ0n) is 8.93. The molecule has 1 amide bonds. The predicted octanol–water partition coefficient (Wildman–Crippen LogP) is 0.684. The number of aromatic carboxylic acids is 1. The van der Waals surface area contributed by atoms with E-state index in [1.165, 1.54) is 13.1 Å². The monoisotopic (exact) mass is 220 g/mol. The van der Waals surface area contributed by atoms with E-state index in [2.05, 4.69) is 4.98 Å². The molecule has 0 aromatic carbocycles. The number of rotatable bonds is 1. The SMILES string of the molecule is CC(=O)N1CCc2ccnc(C(=O)O)c2C1. The molecule has 1 aromatic rings. The average molecular weight is 220 g/mol. The second kappa shape index (κ2) is 3.92. The summed E-state index contributed by atoms with van der Waals surface area (Å²) in [6.07, 6.45) is 2.20. The first-order chi connectivity index (χ1) is 7.59. The number of carbonyl (C=O) groups is 2. The van der Waals surface area contributed by atoms with Crippen LogP contribution in [0.5, 0.6) is 0 Å². The van der Waals surface area contributed by atoms with Crippen LogP contribution in [-0.2, 0) is 17.8 Å². The molecule has 0 fully saturated rings. The molecule has 2 heterocycles. The maximum atomic E-state index is 11.2. The van der Waals surface area contributed by atoms with Crippen LogP contribution in [0.2, 0.25) is 0 Å². The molecular formula is C11H12N2O3. The Morgan fingerprint density at radius 1 is 1.50 bits per heavy atom. The normalized spacial score (nSPS) is 14.4. The van der Waals surface area contributed by atoms with E-state index in [1.54, 1.807) is 4.90 Å². The van der Waals surface area contributed by atoms with E-state index < -0.39 is 5.97 Å². The number of carboxylic acid groups (broad SMARTS) is 1. The highest BCUT2D eigenvalue weighted by molar-refractivity contribution is 5.87. The third-order valence-corrected chi connectivity index (χ3v) is 2.80. The standard InChI is InChI=1S/C11H12N2O3/c1-7(14)13-5-3-8-2-4-12-10(11(15)16)9(8)6-13/h2,4H,3,5-6H2,1H3,(H,15,16). The lowest BCUT2D eigenvalue weighted by Gasteiger charge is -2.28. The first-order valence-electron chi connectivity index (χ1n) is 5.05. The van der Waals surface area contributed by atoms with Crippen LogP contribution >= 0.6 is 0 Å². The summed E-state index contributed by atoms with van der Waals surface area (Å²) in [6, 6.07) is 1.82. The van der Waals surface area contributed by atoms with Crippen LogP contribution < -0.4 is 0 Å². The smallest absolute Gasteiger partial charge is 0.354 e. The third kappa shape index (κ3) is 1.76. The minimum atomic E-state index is -1.04. The molecule has 84 valence electrons. The highest BCUT2D eigenvalue weighted by Gasteiger charge is 2.23. The van der Waals surface area contributed by atoms with Gasteiger partial charge in [0.15, 0.2) is 5.69 Å². The Hall–Kier alpha value is -1.91. The second-order valence-electron chi connectivity index (χ2n) is 3.79. The van der Waals surface area contributed by atoms with Crippen LogP contribution in [0.3, 0.4) is 0 Å². The molecule has 1 aliphatic rings. The number of carbonyl (C=O) groups excluding carboxylic acids is 1. The summed E-state index contributed by atoms with van der Waals surface area (Å²) < 4.78 is 0. The van der Waals surface area contributed by atoms with Crippen molar-refractivity contribution >= 4 is 11.9 Å². The molecule has 1 aromatic heterocycles. The zero-order chi connectivity index (χ0) is 11.7. The maximum Gasteiger partial charge on any atom is 0.354 e. The molecule has 0 radical (unpaired) electrons. The lowest BCUT2D eigenvalue weighted by molar-refractivity contribution is -0.129. The van der Waals surface area contributed by atoms with Gasteiger partial charge in [-0.25, -0.2) is 9.78 Å². The van der Waals surface area contributed by atoms with Gasteiger partial charge in [-0.2, -0.15) is 0 Å². The van der Waals surface area contributed by atoms with Crippen molar-refractivity contribution in [3.05, 3.63) is 29.1 Å². The van der Waals surface area contributed by atoms with Crippen molar-refractivity contribution in [1.29, 1.82) is 0 Å². The summed E-state index contributed by atoms with van der Waals surface area (Å²) in [5.74, 6) is -1.08. The lowest BCUT2D eigenvalue weighted by atomic mass is 9.99. The highest BCUT2D eigenvalue weighted by atomic mass is 16.4. The quantitative estimate of drug-likeness (QED) is 0.755. The number of aromatic nitrogens is 1. The van der Waals surface area contributed by atoms with Crippen molar-refractivity contribution in [2.75, 3.05) is 6.54 Å². The Balaban J connectivity index is 2.41. The topological polar surface area (TPSA) is 70.5 Å². The molecule has 0 saturated heterocycles. The van der Waals surface area contributed by atoms with E-state index in [-0.39, 0.29) is 11.6 Å². The Morgan fingerprint density at radius 2 is 2.25 bits per heavy atom. The summed E-state index contributed by atoms with van der Waals surface area (Å²) in [5.41, 5.74) is 1.70. The summed E-state index contributed by atoms with van der Waals surface area (Å²) >= 11 is 0.